The molecule has 1 unspecified atom stereocenters. The van der Waals surface area contributed by atoms with E-state index in [2.05, 4.69) is 20.8 Å². The first kappa shape index (κ1) is 21.2. The SMILES string of the molecule is CC(=O)N(Cc1ccc(NC(=O)C(Cc2ccccc2)n2cnnn2)cc1)C(C)C. The lowest BCUT2D eigenvalue weighted by Crippen LogP contribution is -2.34. The van der Waals surface area contributed by atoms with Crippen LogP contribution in [0.2, 0.25) is 0 Å². The van der Waals surface area contributed by atoms with Gasteiger partial charge >= 0.3 is 0 Å². The maximum Gasteiger partial charge on any atom is 0.249 e. The number of rotatable bonds is 8. The Morgan fingerprint density at radius 2 is 1.73 bits per heavy atom. The number of carbonyl (C=O) groups excluding carboxylic acids is 2. The van der Waals surface area contributed by atoms with Crippen LogP contribution in [-0.2, 0) is 22.6 Å². The average molecular weight is 406 g/mol. The standard InChI is InChI=1S/C22H26N6O2/c1-16(2)27(17(3)29)14-19-9-11-20(12-10-19)24-22(30)21(28-15-23-25-26-28)13-18-7-5-4-6-8-18/h4-12,15-16,21H,13-14H2,1-3H3,(H,24,30). The summed E-state index contributed by atoms with van der Waals surface area (Å²) in [5.74, 6) is -0.168. The van der Waals surface area contributed by atoms with E-state index in [-0.39, 0.29) is 17.9 Å². The summed E-state index contributed by atoms with van der Waals surface area (Å²) in [5.41, 5.74) is 2.69. The van der Waals surface area contributed by atoms with Gasteiger partial charge in [-0.1, -0.05) is 42.5 Å². The minimum Gasteiger partial charge on any atom is -0.336 e. The highest BCUT2D eigenvalue weighted by atomic mass is 16.2. The van der Waals surface area contributed by atoms with E-state index in [4.69, 9.17) is 0 Å². The van der Waals surface area contributed by atoms with Gasteiger partial charge in [-0.3, -0.25) is 9.59 Å². The first-order chi connectivity index (χ1) is 14.4. The molecule has 8 heteroatoms. The van der Waals surface area contributed by atoms with Crippen LogP contribution >= 0.6 is 0 Å². The molecule has 0 aliphatic heterocycles. The van der Waals surface area contributed by atoms with Gasteiger partial charge in [-0.2, -0.15) is 0 Å². The molecular weight excluding hydrogens is 380 g/mol. The molecular formula is C22H26N6O2. The van der Waals surface area contributed by atoms with Gasteiger partial charge in [0.2, 0.25) is 11.8 Å². The highest BCUT2D eigenvalue weighted by molar-refractivity contribution is 5.93. The number of aromatic nitrogens is 4. The van der Waals surface area contributed by atoms with E-state index in [1.165, 1.54) is 11.0 Å². The number of amides is 2. The Bertz CT molecular complexity index is 955. The second kappa shape index (κ2) is 9.78. The van der Waals surface area contributed by atoms with Gasteiger partial charge in [0, 0.05) is 31.6 Å². The maximum atomic E-state index is 13.0. The molecule has 0 aliphatic rings. The Kier molecular flexibility index (Phi) is 6.90. The summed E-state index contributed by atoms with van der Waals surface area (Å²) in [7, 11) is 0. The van der Waals surface area contributed by atoms with E-state index in [0.717, 1.165) is 11.1 Å². The molecule has 1 aromatic heterocycles. The van der Waals surface area contributed by atoms with Gasteiger partial charge in [0.15, 0.2) is 0 Å². The molecule has 1 atom stereocenters. The van der Waals surface area contributed by atoms with E-state index in [1.54, 1.807) is 11.8 Å². The van der Waals surface area contributed by atoms with Crippen molar-refractivity contribution in [2.24, 2.45) is 0 Å². The van der Waals surface area contributed by atoms with Gasteiger partial charge in [0.25, 0.3) is 0 Å². The molecule has 2 aromatic carbocycles. The fourth-order valence-corrected chi connectivity index (χ4v) is 3.23. The number of nitrogens with zero attached hydrogens (tertiary/aromatic N) is 5. The summed E-state index contributed by atoms with van der Waals surface area (Å²) in [6.07, 6.45) is 1.91. The van der Waals surface area contributed by atoms with Crippen molar-refractivity contribution in [2.45, 2.75) is 45.8 Å². The van der Waals surface area contributed by atoms with E-state index in [9.17, 15) is 9.59 Å². The fraction of sp³-hybridized carbons (Fsp3) is 0.318. The lowest BCUT2D eigenvalue weighted by molar-refractivity contribution is -0.131. The second-order valence-electron chi connectivity index (χ2n) is 7.42. The van der Waals surface area contributed by atoms with Crippen LogP contribution < -0.4 is 5.32 Å². The smallest absolute Gasteiger partial charge is 0.249 e. The Labute approximate surface area is 175 Å². The number of hydrogen-bond donors (Lipinski definition) is 1. The van der Waals surface area contributed by atoms with Crippen LogP contribution in [0.25, 0.3) is 0 Å². The maximum absolute atomic E-state index is 13.0. The topological polar surface area (TPSA) is 93.0 Å². The Hall–Kier alpha value is -3.55. The average Bonchev–Trinajstić information content (AvgIpc) is 3.26. The van der Waals surface area contributed by atoms with Gasteiger partial charge in [-0.05, 0) is 47.5 Å². The molecule has 0 spiro atoms. The van der Waals surface area contributed by atoms with Crippen LogP contribution in [0.15, 0.2) is 60.9 Å². The van der Waals surface area contributed by atoms with E-state index in [1.807, 2.05) is 68.4 Å². The number of hydrogen-bond acceptors (Lipinski definition) is 5. The molecule has 0 aliphatic carbocycles. The quantitative estimate of drug-likeness (QED) is 0.621. The van der Waals surface area contributed by atoms with Crippen molar-refractivity contribution in [3.05, 3.63) is 72.1 Å². The van der Waals surface area contributed by atoms with Gasteiger partial charge < -0.3 is 10.2 Å². The lowest BCUT2D eigenvalue weighted by Gasteiger charge is -2.25. The van der Waals surface area contributed by atoms with Crippen LogP contribution in [0.1, 0.15) is 37.9 Å². The molecule has 2 amide bonds. The highest BCUT2D eigenvalue weighted by Gasteiger charge is 2.22. The predicted octanol–water partition coefficient (Wildman–Crippen LogP) is 2.85. The lowest BCUT2D eigenvalue weighted by atomic mass is 10.1. The van der Waals surface area contributed by atoms with Crippen molar-refractivity contribution in [3.63, 3.8) is 0 Å². The zero-order valence-corrected chi connectivity index (χ0v) is 17.4. The third kappa shape index (κ3) is 5.50. The van der Waals surface area contributed by atoms with E-state index < -0.39 is 6.04 Å². The Morgan fingerprint density at radius 3 is 2.30 bits per heavy atom. The first-order valence-corrected chi connectivity index (χ1v) is 9.87. The number of tetrazole rings is 1. The summed E-state index contributed by atoms with van der Waals surface area (Å²) in [5, 5.41) is 14.2. The number of carbonyl (C=O) groups is 2. The third-order valence-electron chi connectivity index (χ3n) is 4.86. The van der Waals surface area contributed by atoms with Crippen LogP contribution in [-0.4, -0.2) is 43.0 Å². The van der Waals surface area contributed by atoms with E-state index in [0.29, 0.717) is 18.7 Å². The molecule has 8 nitrogen and oxygen atoms in total. The molecule has 0 saturated carbocycles. The molecule has 0 radical (unpaired) electrons. The van der Waals surface area contributed by atoms with Gasteiger partial charge in [0.05, 0.1) is 0 Å². The van der Waals surface area contributed by atoms with Gasteiger partial charge in [-0.25, -0.2) is 4.68 Å². The van der Waals surface area contributed by atoms with Crippen LogP contribution in [0.5, 0.6) is 0 Å². The van der Waals surface area contributed by atoms with Crippen molar-refractivity contribution in [1.82, 2.24) is 25.1 Å². The number of benzene rings is 2. The van der Waals surface area contributed by atoms with Crippen molar-refractivity contribution >= 4 is 17.5 Å². The highest BCUT2D eigenvalue weighted by Crippen LogP contribution is 2.18. The molecule has 0 fully saturated rings. The van der Waals surface area contributed by atoms with Crippen molar-refractivity contribution in [3.8, 4) is 0 Å². The van der Waals surface area contributed by atoms with E-state index >= 15 is 0 Å². The predicted molar refractivity (Wildman–Crippen MR) is 113 cm³/mol. The van der Waals surface area contributed by atoms with Crippen molar-refractivity contribution in [2.75, 3.05) is 5.32 Å². The fourth-order valence-electron chi connectivity index (χ4n) is 3.23. The monoisotopic (exact) mass is 406 g/mol. The Balaban J connectivity index is 1.70. The summed E-state index contributed by atoms with van der Waals surface area (Å²) in [4.78, 5) is 26.6. The van der Waals surface area contributed by atoms with Gasteiger partial charge in [-0.15, -0.1) is 5.10 Å². The van der Waals surface area contributed by atoms with Gasteiger partial charge in [0.1, 0.15) is 12.4 Å². The molecule has 1 N–H and O–H groups in total. The largest absolute Gasteiger partial charge is 0.336 e. The summed E-state index contributed by atoms with van der Waals surface area (Å²) in [6.45, 7) is 6.08. The van der Waals surface area contributed by atoms with Crippen LogP contribution in [0, 0.1) is 0 Å². The normalized spacial score (nSPS) is 11.9. The summed E-state index contributed by atoms with van der Waals surface area (Å²) in [6, 6.07) is 16.8. The van der Waals surface area contributed by atoms with Crippen LogP contribution in [0.3, 0.4) is 0 Å². The first-order valence-electron chi connectivity index (χ1n) is 9.87. The third-order valence-corrected chi connectivity index (χ3v) is 4.86. The molecule has 30 heavy (non-hydrogen) atoms. The zero-order valence-electron chi connectivity index (χ0n) is 17.4. The van der Waals surface area contributed by atoms with Crippen molar-refractivity contribution in [1.29, 1.82) is 0 Å². The minimum atomic E-state index is -0.573. The molecule has 3 aromatic rings. The molecule has 156 valence electrons. The molecule has 0 saturated heterocycles. The summed E-state index contributed by atoms with van der Waals surface area (Å²) < 4.78 is 1.46. The minimum absolute atomic E-state index is 0.0348. The molecule has 0 bridgehead atoms. The number of nitrogens with one attached hydrogen (secondary N) is 1. The van der Waals surface area contributed by atoms with Crippen molar-refractivity contribution < 1.29 is 9.59 Å². The molecule has 3 rings (SSSR count). The molecule has 1 heterocycles. The van der Waals surface area contributed by atoms with Crippen LogP contribution in [0.4, 0.5) is 5.69 Å². The second-order valence-corrected chi connectivity index (χ2v) is 7.42. The summed E-state index contributed by atoms with van der Waals surface area (Å²) >= 11 is 0. The number of anilines is 1. The Morgan fingerprint density at radius 1 is 1.03 bits per heavy atom. The zero-order chi connectivity index (χ0) is 21.5.